The average Bonchev–Trinajstić information content (AvgIpc) is 3.88. The van der Waals surface area contributed by atoms with Crippen molar-refractivity contribution in [1.82, 2.24) is 16.0 Å². The minimum atomic E-state index is -0.563. The number of hydrogen-bond donors (Lipinski definition) is 4. The molecule has 0 bridgehead atoms. The van der Waals surface area contributed by atoms with E-state index >= 15 is 0 Å². The second kappa shape index (κ2) is 16.1. The van der Waals surface area contributed by atoms with Crippen LogP contribution in [0.5, 0.6) is 0 Å². The van der Waals surface area contributed by atoms with Crippen molar-refractivity contribution in [3.05, 3.63) is 11.6 Å². The van der Waals surface area contributed by atoms with Gasteiger partial charge < -0.3 is 45.4 Å². The fourth-order valence-electron chi connectivity index (χ4n) is 6.10. The monoisotopic (exact) mass is 610 g/mol. The molecule has 1 saturated carbocycles. The summed E-state index contributed by atoms with van der Waals surface area (Å²) in [6.07, 6.45) is 6.09. The second-order valence-corrected chi connectivity index (χ2v) is 12.8. The Hall–Kier alpha value is -2.41. The van der Waals surface area contributed by atoms with Gasteiger partial charge in [-0.1, -0.05) is 38.3 Å². The van der Waals surface area contributed by atoms with Gasteiger partial charge in [0.05, 0.1) is 31.2 Å². The van der Waals surface area contributed by atoms with Crippen molar-refractivity contribution >= 4 is 18.1 Å². The SMILES string of the molecule is COC1C(C2(C)O[C@@H]2CC=C(C)C)[C@]2(CC[C@@H]1OC(=O)N[C@@H](COC(=O)NCCCCCCNC(=O)CN)C(C)C)CO2. The molecule has 5 N–H and O–H groups in total. The van der Waals surface area contributed by atoms with Crippen molar-refractivity contribution in [2.45, 2.75) is 115 Å². The summed E-state index contributed by atoms with van der Waals surface area (Å²) in [5.74, 6) is -0.204. The van der Waals surface area contributed by atoms with Crippen LogP contribution in [0.4, 0.5) is 9.59 Å². The molecule has 0 aromatic heterocycles. The third-order valence-corrected chi connectivity index (χ3v) is 8.88. The Morgan fingerprint density at radius 1 is 1.07 bits per heavy atom. The predicted octanol–water partition coefficient (Wildman–Crippen LogP) is 3.18. The standard InChI is InChI=1S/C31H54N4O8/c1-20(2)11-12-24-30(5,43-24)27-26(39-6)23(13-14-31(27)19-41-31)42-29(38)35-22(21(3)4)18-40-28(37)34-16-10-8-7-9-15-33-25(36)17-32/h11,21-24,26-27H,7-10,12-19,32H2,1-6H3,(H,33,36)(H,34,37)(H,35,38)/t22-,23-,24+,26?,27?,30?,31-/m0/s1. The summed E-state index contributed by atoms with van der Waals surface area (Å²) in [5.41, 5.74) is 5.80. The largest absolute Gasteiger partial charge is 0.447 e. The van der Waals surface area contributed by atoms with Gasteiger partial charge in [-0.05, 0) is 58.8 Å². The van der Waals surface area contributed by atoms with Crippen molar-refractivity contribution in [3.8, 4) is 0 Å². The molecular formula is C31H54N4O8. The summed E-state index contributed by atoms with van der Waals surface area (Å²) in [6, 6.07) is -0.418. The number of rotatable bonds is 17. The van der Waals surface area contributed by atoms with Gasteiger partial charge >= 0.3 is 12.2 Å². The molecule has 3 fully saturated rings. The molecule has 0 aromatic carbocycles. The van der Waals surface area contributed by atoms with Crippen LogP contribution in [0.1, 0.15) is 79.6 Å². The molecule has 0 radical (unpaired) electrons. The summed E-state index contributed by atoms with van der Waals surface area (Å²) in [5, 5.41) is 8.37. The number of nitrogens with one attached hydrogen (secondary N) is 3. The number of carbonyl (C=O) groups excluding carboxylic acids is 3. The van der Waals surface area contributed by atoms with Crippen LogP contribution in [0.15, 0.2) is 11.6 Å². The number of allylic oxidation sites excluding steroid dienone is 1. The van der Waals surface area contributed by atoms with Crippen molar-refractivity contribution in [2.75, 3.05) is 40.0 Å². The van der Waals surface area contributed by atoms with Gasteiger partial charge in [0.15, 0.2) is 0 Å². The lowest BCUT2D eigenvalue weighted by Gasteiger charge is -2.42. The summed E-state index contributed by atoms with van der Waals surface area (Å²) < 4.78 is 29.5. The molecule has 3 unspecified atom stereocenters. The minimum absolute atomic E-state index is 0.000886. The molecule has 3 rings (SSSR count). The molecule has 1 spiro atoms. The molecule has 43 heavy (non-hydrogen) atoms. The third kappa shape index (κ3) is 10.1. The van der Waals surface area contributed by atoms with E-state index in [-0.39, 0.29) is 48.7 Å². The number of ether oxygens (including phenoxy) is 5. The smallest absolute Gasteiger partial charge is 0.407 e. The zero-order valence-electron chi connectivity index (χ0n) is 26.9. The Morgan fingerprint density at radius 3 is 2.33 bits per heavy atom. The number of hydrogen-bond acceptors (Lipinski definition) is 9. The summed E-state index contributed by atoms with van der Waals surface area (Å²) in [4.78, 5) is 36.4. The zero-order chi connectivity index (χ0) is 31.6. The maximum Gasteiger partial charge on any atom is 0.407 e. The molecule has 2 saturated heterocycles. The Kier molecular flexibility index (Phi) is 13.1. The summed E-state index contributed by atoms with van der Waals surface area (Å²) >= 11 is 0. The maximum atomic E-state index is 13.1. The van der Waals surface area contributed by atoms with Gasteiger partial charge in [-0.15, -0.1) is 0 Å². The highest BCUT2D eigenvalue weighted by Gasteiger charge is 2.72. The number of carbonyl (C=O) groups is 3. The Balaban J connectivity index is 1.42. The fourth-order valence-corrected chi connectivity index (χ4v) is 6.10. The minimum Gasteiger partial charge on any atom is -0.447 e. The van der Waals surface area contributed by atoms with Crippen LogP contribution < -0.4 is 21.7 Å². The zero-order valence-corrected chi connectivity index (χ0v) is 26.9. The maximum absolute atomic E-state index is 13.1. The molecule has 2 heterocycles. The highest BCUT2D eigenvalue weighted by molar-refractivity contribution is 5.77. The molecule has 12 nitrogen and oxygen atoms in total. The van der Waals surface area contributed by atoms with Gasteiger partial charge in [-0.3, -0.25) is 4.79 Å². The molecule has 2 aliphatic heterocycles. The van der Waals surface area contributed by atoms with E-state index in [0.29, 0.717) is 26.1 Å². The summed E-state index contributed by atoms with van der Waals surface area (Å²) in [7, 11) is 1.65. The van der Waals surface area contributed by atoms with E-state index in [2.05, 4.69) is 42.8 Å². The second-order valence-electron chi connectivity index (χ2n) is 12.8. The van der Waals surface area contributed by atoms with Crippen LogP contribution in [-0.2, 0) is 28.5 Å². The van der Waals surface area contributed by atoms with Gasteiger partial charge in [-0.25, -0.2) is 9.59 Å². The molecular weight excluding hydrogens is 556 g/mol. The molecule has 0 aromatic rings. The van der Waals surface area contributed by atoms with Crippen LogP contribution in [0.3, 0.4) is 0 Å². The number of methoxy groups -OCH3 is 1. The molecule has 3 amide bonds. The first-order valence-electron chi connectivity index (χ1n) is 15.8. The topological polar surface area (TPSA) is 166 Å². The van der Waals surface area contributed by atoms with Crippen LogP contribution in [0.2, 0.25) is 0 Å². The van der Waals surface area contributed by atoms with Gasteiger partial charge in [-0.2, -0.15) is 0 Å². The number of unbranched alkanes of at least 4 members (excludes halogenated alkanes) is 3. The van der Waals surface area contributed by atoms with Crippen LogP contribution in [0, 0.1) is 11.8 Å². The summed E-state index contributed by atoms with van der Waals surface area (Å²) in [6.45, 7) is 11.9. The first kappa shape index (κ1) is 35.1. The first-order chi connectivity index (χ1) is 20.5. The average molecular weight is 611 g/mol. The van der Waals surface area contributed by atoms with E-state index in [4.69, 9.17) is 29.4 Å². The lowest BCUT2D eigenvalue weighted by Crippen LogP contribution is -2.56. The molecule has 246 valence electrons. The highest BCUT2D eigenvalue weighted by Crippen LogP contribution is 2.59. The van der Waals surface area contributed by atoms with Crippen molar-refractivity contribution in [3.63, 3.8) is 0 Å². The van der Waals surface area contributed by atoms with Gasteiger partial charge in [0.2, 0.25) is 5.91 Å². The van der Waals surface area contributed by atoms with Gasteiger partial charge in [0.25, 0.3) is 0 Å². The number of alkyl carbamates (subject to hydrolysis) is 2. The highest BCUT2D eigenvalue weighted by atomic mass is 16.6. The van der Waals surface area contributed by atoms with E-state index in [9.17, 15) is 14.4 Å². The van der Waals surface area contributed by atoms with E-state index in [0.717, 1.165) is 38.5 Å². The van der Waals surface area contributed by atoms with Crippen molar-refractivity contribution in [2.24, 2.45) is 17.6 Å². The van der Waals surface area contributed by atoms with Crippen LogP contribution in [0.25, 0.3) is 0 Å². The quantitative estimate of drug-likeness (QED) is 0.110. The Morgan fingerprint density at radius 2 is 1.74 bits per heavy atom. The third-order valence-electron chi connectivity index (χ3n) is 8.88. The first-order valence-corrected chi connectivity index (χ1v) is 15.8. The van der Waals surface area contributed by atoms with Crippen LogP contribution in [-0.4, -0.2) is 93.6 Å². The Labute approximate surface area is 256 Å². The number of nitrogens with two attached hydrogens (primary N) is 1. The normalized spacial score (nSPS) is 29.9. The predicted molar refractivity (Wildman–Crippen MR) is 161 cm³/mol. The lowest BCUT2D eigenvalue weighted by atomic mass is 9.68. The molecule has 3 aliphatic rings. The van der Waals surface area contributed by atoms with Crippen molar-refractivity contribution in [1.29, 1.82) is 0 Å². The van der Waals surface area contributed by atoms with E-state index < -0.39 is 29.9 Å². The molecule has 1 aliphatic carbocycles. The fraction of sp³-hybridized carbons (Fsp3) is 0.839. The van der Waals surface area contributed by atoms with Crippen LogP contribution >= 0.6 is 0 Å². The van der Waals surface area contributed by atoms with E-state index in [1.807, 2.05) is 13.8 Å². The number of epoxide rings is 2. The van der Waals surface area contributed by atoms with Gasteiger partial charge in [0, 0.05) is 20.2 Å². The number of amides is 3. The van der Waals surface area contributed by atoms with Crippen molar-refractivity contribution < 1.29 is 38.1 Å². The van der Waals surface area contributed by atoms with Gasteiger partial charge in [0.1, 0.15) is 30.0 Å². The van der Waals surface area contributed by atoms with E-state index in [1.165, 1.54) is 5.57 Å². The molecule has 12 heteroatoms. The van der Waals surface area contributed by atoms with E-state index in [1.54, 1.807) is 7.11 Å². The lowest BCUT2D eigenvalue weighted by molar-refractivity contribution is -0.119. The molecule has 7 atom stereocenters. The Bertz CT molecular complexity index is 967.